The lowest BCUT2D eigenvalue weighted by Gasteiger charge is -2.49. The maximum absolute atomic E-state index is 5.56. The highest BCUT2D eigenvalue weighted by Crippen LogP contribution is 2.27. The second kappa shape index (κ2) is 7.41. The van der Waals surface area contributed by atoms with Crippen LogP contribution >= 0.6 is 0 Å². The fourth-order valence-corrected chi connectivity index (χ4v) is 5.07. The molecule has 4 aliphatic rings. The molecule has 2 saturated heterocycles. The van der Waals surface area contributed by atoms with Gasteiger partial charge in [0.05, 0.1) is 18.9 Å². The first-order chi connectivity index (χ1) is 12.9. The van der Waals surface area contributed by atoms with E-state index in [1.54, 1.807) is 0 Å². The molecule has 1 aromatic heterocycles. The predicted molar refractivity (Wildman–Crippen MR) is 101 cm³/mol. The molecule has 6 heteroatoms. The molecule has 0 radical (unpaired) electrons. The van der Waals surface area contributed by atoms with Crippen LogP contribution < -0.4 is 4.90 Å². The van der Waals surface area contributed by atoms with Gasteiger partial charge in [-0.15, -0.1) is 5.10 Å². The van der Waals surface area contributed by atoms with Gasteiger partial charge in [0.25, 0.3) is 0 Å². The van der Waals surface area contributed by atoms with E-state index in [0.717, 1.165) is 43.7 Å². The summed E-state index contributed by atoms with van der Waals surface area (Å²) >= 11 is 0. The summed E-state index contributed by atoms with van der Waals surface area (Å²) in [5.41, 5.74) is 2.35. The number of rotatable bonds is 3. The van der Waals surface area contributed by atoms with Crippen LogP contribution in [0, 0.1) is 0 Å². The monoisotopic (exact) mass is 357 g/mol. The number of anilines is 1. The molecule has 142 valence electrons. The van der Waals surface area contributed by atoms with Crippen molar-refractivity contribution in [2.24, 2.45) is 0 Å². The maximum atomic E-state index is 5.56. The summed E-state index contributed by atoms with van der Waals surface area (Å²) in [5, 5.41) is 8.89. The first-order valence-electron chi connectivity index (χ1n) is 10.5. The number of nitrogens with zero attached hydrogens (tertiary/aromatic N) is 5. The van der Waals surface area contributed by atoms with E-state index in [4.69, 9.17) is 4.74 Å². The Hall–Kier alpha value is -1.24. The molecule has 26 heavy (non-hydrogen) atoms. The van der Waals surface area contributed by atoms with Crippen molar-refractivity contribution in [2.45, 2.75) is 57.2 Å². The Morgan fingerprint density at radius 2 is 1.62 bits per heavy atom. The summed E-state index contributed by atoms with van der Waals surface area (Å²) in [6, 6.07) is 3.76. The first kappa shape index (κ1) is 16.9. The van der Waals surface area contributed by atoms with Crippen LogP contribution in [0.25, 0.3) is 0 Å². The highest BCUT2D eigenvalue weighted by Gasteiger charge is 2.35. The molecule has 0 N–H and O–H groups in total. The number of piperazine rings is 1. The molecular formula is C20H31N5O. The maximum Gasteiger partial charge on any atom is 0.151 e. The zero-order chi connectivity index (χ0) is 17.3. The van der Waals surface area contributed by atoms with Crippen LogP contribution in [0.2, 0.25) is 0 Å². The fraction of sp³-hybridized carbons (Fsp3) is 0.800. The van der Waals surface area contributed by atoms with Gasteiger partial charge in [-0.2, -0.15) is 5.10 Å². The molecule has 0 spiro atoms. The summed E-state index contributed by atoms with van der Waals surface area (Å²) in [6.45, 7) is 8.65. The molecule has 0 atom stereocenters. The van der Waals surface area contributed by atoms with Gasteiger partial charge in [0.1, 0.15) is 0 Å². The Labute approximate surface area is 156 Å². The average molecular weight is 358 g/mol. The summed E-state index contributed by atoms with van der Waals surface area (Å²) < 4.78 is 5.56. The number of hydrogen-bond acceptors (Lipinski definition) is 6. The third kappa shape index (κ3) is 3.35. The van der Waals surface area contributed by atoms with Crippen molar-refractivity contribution in [3.8, 4) is 0 Å². The third-order valence-electron chi connectivity index (χ3n) is 6.83. The van der Waals surface area contributed by atoms with E-state index in [1.165, 1.54) is 63.8 Å². The molecule has 0 aromatic carbocycles. The molecule has 6 nitrogen and oxygen atoms in total. The van der Waals surface area contributed by atoms with E-state index in [9.17, 15) is 0 Å². The van der Waals surface area contributed by atoms with Crippen molar-refractivity contribution in [2.75, 3.05) is 50.8 Å². The molecule has 0 bridgehead atoms. The Kier molecular flexibility index (Phi) is 4.82. The van der Waals surface area contributed by atoms with E-state index in [-0.39, 0.29) is 0 Å². The van der Waals surface area contributed by atoms with Crippen LogP contribution in [0.5, 0.6) is 0 Å². The second-order valence-corrected chi connectivity index (χ2v) is 8.40. The SMILES string of the molecule is c1c(N2CC(N3CCN(C4CCCCC4)CC3)C2)nnc2c1COCC2. The molecule has 3 aliphatic heterocycles. The first-order valence-corrected chi connectivity index (χ1v) is 10.5. The van der Waals surface area contributed by atoms with Gasteiger partial charge in [0.2, 0.25) is 0 Å². The van der Waals surface area contributed by atoms with Gasteiger partial charge in [0.15, 0.2) is 5.82 Å². The molecule has 1 aliphatic carbocycles. The molecular weight excluding hydrogens is 326 g/mol. The normalized spacial score (nSPS) is 26.5. The summed E-state index contributed by atoms with van der Waals surface area (Å²) in [7, 11) is 0. The lowest BCUT2D eigenvalue weighted by Crippen LogP contribution is -2.64. The van der Waals surface area contributed by atoms with Gasteiger partial charge in [-0.1, -0.05) is 19.3 Å². The van der Waals surface area contributed by atoms with Gasteiger partial charge >= 0.3 is 0 Å². The van der Waals surface area contributed by atoms with Crippen LogP contribution in [0.1, 0.15) is 43.4 Å². The molecule has 3 fully saturated rings. The Morgan fingerprint density at radius 3 is 2.38 bits per heavy atom. The van der Waals surface area contributed by atoms with Crippen LogP contribution in [-0.4, -0.2) is 78.0 Å². The Morgan fingerprint density at radius 1 is 0.885 bits per heavy atom. The highest BCUT2D eigenvalue weighted by atomic mass is 16.5. The smallest absolute Gasteiger partial charge is 0.151 e. The van der Waals surface area contributed by atoms with Gasteiger partial charge < -0.3 is 9.64 Å². The number of ether oxygens (including phenoxy) is 1. The van der Waals surface area contributed by atoms with Crippen LogP contribution in [-0.2, 0) is 17.8 Å². The Balaban J connectivity index is 1.12. The topological polar surface area (TPSA) is 44.7 Å². The minimum absolute atomic E-state index is 0.692. The summed E-state index contributed by atoms with van der Waals surface area (Å²) in [4.78, 5) is 7.84. The van der Waals surface area contributed by atoms with Crippen LogP contribution in [0.3, 0.4) is 0 Å². The lowest BCUT2D eigenvalue weighted by atomic mass is 9.93. The minimum atomic E-state index is 0.692. The van der Waals surface area contributed by atoms with Crippen molar-refractivity contribution in [1.29, 1.82) is 0 Å². The number of fused-ring (bicyclic) bond motifs is 1. The zero-order valence-corrected chi connectivity index (χ0v) is 15.8. The number of aromatic nitrogens is 2. The standard InChI is InChI=1S/C20H31N5O/c1-2-4-17(5-3-1)23-7-9-24(10-8-23)18-13-25(14-18)20-12-16-15-26-11-6-19(16)21-22-20/h12,17-18H,1-11,13-15H2. The van der Waals surface area contributed by atoms with Crippen molar-refractivity contribution in [3.05, 3.63) is 17.3 Å². The largest absolute Gasteiger partial charge is 0.376 e. The van der Waals surface area contributed by atoms with E-state index >= 15 is 0 Å². The van der Waals surface area contributed by atoms with Gasteiger partial charge in [-0.05, 0) is 18.9 Å². The van der Waals surface area contributed by atoms with E-state index < -0.39 is 0 Å². The van der Waals surface area contributed by atoms with E-state index in [0.29, 0.717) is 12.6 Å². The molecule has 1 aromatic rings. The highest BCUT2D eigenvalue weighted by molar-refractivity contribution is 5.45. The average Bonchev–Trinajstić information content (AvgIpc) is 2.68. The lowest BCUT2D eigenvalue weighted by molar-refractivity contribution is 0.0486. The molecule has 4 heterocycles. The van der Waals surface area contributed by atoms with E-state index in [1.807, 2.05) is 0 Å². The number of hydrogen-bond donors (Lipinski definition) is 0. The molecule has 0 unspecified atom stereocenters. The van der Waals surface area contributed by atoms with Gasteiger partial charge in [-0.25, -0.2) is 0 Å². The van der Waals surface area contributed by atoms with Crippen molar-refractivity contribution >= 4 is 5.82 Å². The molecule has 1 saturated carbocycles. The predicted octanol–water partition coefficient (Wildman–Crippen LogP) is 1.69. The van der Waals surface area contributed by atoms with Gasteiger partial charge in [-0.3, -0.25) is 9.80 Å². The van der Waals surface area contributed by atoms with E-state index in [2.05, 4.69) is 31.0 Å². The molecule has 5 rings (SSSR count). The molecule has 0 amide bonds. The fourth-order valence-electron chi connectivity index (χ4n) is 5.07. The Bertz CT molecular complexity index is 619. The quantitative estimate of drug-likeness (QED) is 0.820. The summed E-state index contributed by atoms with van der Waals surface area (Å²) in [6.07, 6.45) is 8.09. The van der Waals surface area contributed by atoms with Gasteiger partial charge in [0, 0.05) is 63.3 Å². The van der Waals surface area contributed by atoms with Crippen LogP contribution in [0.4, 0.5) is 5.82 Å². The summed E-state index contributed by atoms with van der Waals surface area (Å²) in [5.74, 6) is 1.03. The van der Waals surface area contributed by atoms with Crippen molar-refractivity contribution in [3.63, 3.8) is 0 Å². The van der Waals surface area contributed by atoms with Crippen molar-refractivity contribution < 1.29 is 4.74 Å². The minimum Gasteiger partial charge on any atom is -0.376 e. The zero-order valence-electron chi connectivity index (χ0n) is 15.8. The van der Waals surface area contributed by atoms with Crippen LogP contribution in [0.15, 0.2) is 6.07 Å². The van der Waals surface area contributed by atoms with Crippen molar-refractivity contribution in [1.82, 2.24) is 20.0 Å². The second-order valence-electron chi connectivity index (χ2n) is 8.40. The third-order valence-corrected chi connectivity index (χ3v) is 6.83.